The van der Waals surface area contributed by atoms with Crippen molar-refractivity contribution < 1.29 is 24.0 Å². The monoisotopic (exact) mass is 172 g/mol. The summed E-state index contributed by atoms with van der Waals surface area (Å²) in [6.45, 7) is 2.18. The molecule has 0 bridgehead atoms. The second-order valence-electron chi connectivity index (χ2n) is 4.51. The van der Waals surface area contributed by atoms with Crippen LogP contribution in [-0.4, -0.2) is 0 Å². The third kappa shape index (κ3) is 1.83. The first-order valence-corrected chi connectivity index (χ1v) is 5.11. The van der Waals surface area contributed by atoms with Crippen LogP contribution in [0.1, 0.15) is 45.4 Å². The maximum absolute atomic E-state index is 11.7. The topological polar surface area (TPSA) is 23.1 Å². The predicted molar refractivity (Wildman–Crippen MR) is 47.4 cm³/mol. The van der Waals surface area contributed by atoms with Crippen LogP contribution >= 0.6 is 0 Å². The van der Waals surface area contributed by atoms with Gasteiger partial charge in [0.15, 0.2) is 0 Å². The predicted octanol–water partition coefficient (Wildman–Crippen LogP) is -0.775. The van der Waals surface area contributed by atoms with Crippen LogP contribution in [0.3, 0.4) is 0 Å². The van der Waals surface area contributed by atoms with E-state index < -0.39 is 0 Å². The van der Waals surface area contributed by atoms with Crippen LogP contribution in [-0.2, 0) is 0 Å². The molecule has 0 aromatic heterocycles. The van der Waals surface area contributed by atoms with Crippen molar-refractivity contribution in [1.29, 1.82) is 0 Å². The van der Waals surface area contributed by atoms with Crippen molar-refractivity contribution in [2.24, 2.45) is 11.3 Å². The Balaban J connectivity index is 0.000000845. The van der Waals surface area contributed by atoms with Gasteiger partial charge >= 0.3 is 18.9 Å². The minimum atomic E-state index is 0. The third-order valence-electron chi connectivity index (χ3n) is 3.81. The van der Waals surface area contributed by atoms with E-state index in [1.165, 1.54) is 25.7 Å². The molecule has 0 spiro atoms. The van der Waals surface area contributed by atoms with Crippen LogP contribution in [0.4, 0.5) is 0 Å². The molecule has 0 saturated heterocycles. The fourth-order valence-electron chi connectivity index (χ4n) is 2.84. The third-order valence-corrected chi connectivity index (χ3v) is 3.81. The average Bonchev–Trinajstić information content (AvgIpc) is 2.07. The molecule has 2 heteroatoms. The van der Waals surface area contributed by atoms with Gasteiger partial charge in [0, 0.05) is 0 Å². The van der Waals surface area contributed by atoms with Crippen molar-refractivity contribution in [3.63, 3.8) is 0 Å². The van der Waals surface area contributed by atoms with Crippen LogP contribution in [0.25, 0.3) is 0 Å². The van der Waals surface area contributed by atoms with E-state index in [1.54, 1.807) is 0 Å². The van der Waals surface area contributed by atoms with E-state index in [2.05, 4.69) is 6.92 Å². The number of allylic oxidation sites excluding steroid dienone is 2. The quantitative estimate of drug-likeness (QED) is 0.440. The van der Waals surface area contributed by atoms with Gasteiger partial charge in [-0.1, -0.05) is 25.8 Å². The van der Waals surface area contributed by atoms with Crippen LogP contribution in [0.2, 0.25) is 0 Å². The van der Waals surface area contributed by atoms with Crippen LogP contribution < -0.4 is 24.0 Å². The summed E-state index contributed by atoms with van der Waals surface area (Å²) < 4.78 is 0. The summed E-state index contributed by atoms with van der Waals surface area (Å²) in [7, 11) is 0. The van der Waals surface area contributed by atoms with Gasteiger partial charge < -0.3 is 5.11 Å². The summed E-state index contributed by atoms with van der Waals surface area (Å²) in [6.07, 6.45) is 9.21. The summed E-state index contributed by atoms with van der Waals surface area (Å²) >= 11 is 0. The molecule has 1 saturated carbocycles. The van der Waals surface area contributed by atoms with Crippen LogP contribution in [0.15, 0.2) is 11.8 Å². The molecule has 0 N–H and O–H groups in total. The molecule has 0 aromatic rings. The van der Waals surface area contributed by atoms with Gasteiger partial charge in [-0.15, -0.1) is 5.76 Å². The van der Waals surface area contributed by atoms with Crippen LogP contribution in [0.5, 0.6) is 0 Å². The molecular weight excluding hydrogens is 155 g/mol. The number of fused-ring (bicyclic) bond motifs is 1. The number of hydrogen-bond donors (Lipinski definition) is 0. The summed E-state index contributed by atoms with van der Waals surface area (Å²) in [5.41, 5.74) is 0.0382. The molecule has 1 nitrogen and oxygen atoms in total. The fourth-order valence-corrected chi connectivity index (χ4v) is 2.84. The molecule has 0 radical (unpaired) electrons. The number of rotatable bonds is 0. The van der Waals surface area contributed by atoms with Gasteiger partial charge in [-0.2, -0.15) is 0 Å². The molecule has 68 valence electrons. The Morgan fingerprint density at radius 3 is 2.85 bits per heavy atom. The first-order valence-electron chi connectivity index (χ1n) is 5.11. The smallest absolute Gasteiger partial charge is 0.875 e. The Kier molecular flexibility index (Phi) is 3.55. The van der Waals surface area contributed by atoms with Crippen molar-refractivity contribution in [2.45, 2.75) is 45.4 Å². The van der Waals surface area contributed by atoms with Crippen molar-refractivity contribution in [2.75, 3.05) is 0 Å². The Hall–Kier alpha value is 0.137. The van der Waals surface area contributed by atoms with E-state index >= 15 is 0 Å². The summed E-state index contributed by atoms with van der Waals surface area (Å²) in [6, 6.07) is 0. The van der Waals surface area contributed by atoms with E-state index in [-0.39, 0.29) is 24.3 Å². The van der Waals surface area contributed by atoms with E-state index in [0.29, 0.717) is 11.7 Å². The summed E-state index contributed by atoms with van der Waals surface area (Å²) in [5, 5.41) is 11.7. The Morgan fingerprint density at radius 2 is 2.15 bits per heavy atom. The first-order chi connectivity index (χ1) is 5.73. The molecule has 0 unspecified atom stereocenters. The Morgan fingerprint density at radius 1 is 1.38 bits per heavy atom. The fraction of sp³-hybridized carbons (Fsp3) is 0.818. The largest absolute Gasteiger partial charge is 1.00 e. The zero-order valence-electron chi connectivity index (χ0n) is 8.81. The van der Waals surface area contributed by atoms with E-state index in [9.17, 15) is 5.11 Å². The van der Waals surface area contributed by atoms with Gasteiger partial charge in [-0.05, 0) is 37.0 Å². The van der Waals surface area contributed by atoms with Crippen molar-refractivity contribution in [3.8, 4) is 0 Å². The Bertz CT molecular complexity index is 212. The van der Waals surface area contributed by atoms with Crippen molar-refractivity contribution >= 4 is 0 Å². The van der Waals surface area contributed by atoms with Gasteiger partial charge in [0.2, 0.25) is 0 Å². The minimum Gasteiger partial charge on any atom is -0.875 e. The maximum atomic E-state index is 11.7. The molecule has 0 amide bonds. The Labute approximate surface area is 92.8 Å². The molecular formula is C11H17LiO. The first kappa shape index (κ1) is 11.2. The molecule has 0 aromatic carbocycles. The molecule has 2 rings (SSSR count). The molecule has 1 fully saturated rings. The van der Waals surface area contributed by atoms with Gasteiger partial charge in [-0.3, -0.25) is 0 Å². The standard InChI is InChI=1S/C11H18O.Li/c1-11-8-3-2-5-9(11)6-4-7-10(11)12;/h7,9,12H,2-6,8H2,1H3;/q;+1/p-1/t9-,11+;/m1./s1. The number of hydrogen-bond acceptors (Lipinski definition) is 1. The zero-order valence-corrected chi connectivity index (χ0v) is 8.81. The van der Waals surface area contributed by atoms with Gasteiger partial charge in [-0.25, -0.2) is 0 Å². The van der Waals surface area contributed by atoms with Crippen molar-refractivity contribution in [1.82, 2.24) is 0 Å². The molecule has 2 atom stereocenters. The van der Waals surface area contributed by atoms with E-state index in [0.717, 1.165) is 12.8 Å². The van der Waals surface area contributed by atoms with E-state index in [4.69, 9.17) is 0 Å². The summed E-state index contributed by atoms with van der Waals surface area (Å²) in [4.78, 5) is 0. The molecule has 2 aliphatic carbocycles. The van der Waals surface area contributed by atoms with E-state index in [1.807, 2.05) is 6.08 Å². The second-order valence-corrected chi connectivity index (χ2v) is 4.51. The van der Waals surface area contributed by atoms with Gasteiger partial charge in [0.05, 0.1) is 0 Å². The molecule has 0 aliphatic heterocycles. The maximum Gasteiger partial charge on any atom is 1.00 e. The van der Waals surface area contributed by atoms with Crippen molar-refractivity contribution in [3.05, 3.63) is 11.8 Å². The molecule has 0 heterocycles. The zero-order chi connectivity index (χ0) is 8.60. The van der Waals surface area contributed by atoms with Crippen LogP contribution in [0, 0.1) is 11.3 Å². The minimum absolute atomic E-state index is 0. The molecule has 2 aliphatic rings. The molecule has 13 heavy (non-hydrogen) atoms. The second kappa shape index (κ2) is 4.11. The SMILES string of the molecule is C[C@]12CCCC[C@@H]1CCC=C2[O-].[Li+]. The summed E-state index contributed by atoms with van der Waals surface area (Å²) in [5.74, 6) is 1.13. The average molecular weight is 172 g/mol. The van der Waals surface area contributed by atoms with Gasteiger partial charge in [0.1, 0.15) is 0 Å². The normalized spacial score (nSPS) is 38.5. The van der Waals surface area contributed by atoms with Gasteiger partial charge in [0.25, 0.3) is 0 Å².